The summed E-state index contributed by atoms with van der Waals surface area (Å²) in [5, 5.41) is 0.689. The number of alkyl halides is 2. The Labute approximate surface area is 212 Å². The van der Waals surface area contributed by atoms with E-state index in [9.17, 15) is 22.0 Å². The third-order valence-electron chi connectivity index (χ3n) is 5.02. The highest BCUT2D eigenvalue weighted by atomic mass is 35.5. The molecule has 0 saturated heterocycles. The minimum absolute atomic E-state index is 0.00476. The van der Waals surface area contributed by atoms with E-state index in [2.05, 4.69) is 0 Å². The molecule has 0 saturated carbocycles. The van der Waals surface area contributed by atoms with Crippen LogP contribution in [0.25, 0.3) is 0 Å². The molecule has 6 nitrogen and oxygen atoms in total. The smallest absolute Gasteiger partial charge is 0.310 e. The van der Waals surface area contributed by atoms with Crippen molar-refractivity contribution in [3.63, 3.8) is 0 Å². The van der Waals surface area contributed by atoms with Crippen molar-refractivity contribution in [2.24, 2.45) is 0 Å². The lowest BCUT2D eigenvalue weighted by molar-refractivity contribution is -0.140. The van der Waals surface area contributed by atoms with Crippen molar-refractivity contribution < 1.29 is 31.5 Å². The van der Waals surface area contributed by atoms with E-state index >= 15 is 0 Å². The topological polar surface area (TPSA) is 72.9 Å². The zero-order valence-electron chi connectivity index (χ0n) is 18.7. The average molecular weight is 544 g/mol. The van der Waals surface area contributed by atoms with Crippen molar-refractivity contribution in [3.05, 3.63) is 82.3 Å². The van der Waals surface area contributed by atoms with Gasteiger partial charge in [0, 0.05) is 22.0 Å². The summed E-state index contributed by atoms with van der Waals surface area (Å²) in [4.78, 5) is 12.6. The van der Waals surface area contributed by atoms with Crippen LogP contribution in [0, 0.1) is 0 Å². The summed E-state index contributed by atoms with van der Waals surface area (Å²) in [6.07, 6.45) is -1.07. The number of carbonyl (C=O) groups excluding carboxylic acids is 1. The fourth-order valence-corrected chi connectivity index (χ4v) is 5.20. The number of ether oxygens (including phenoxy) is 2. The Bertz CT molecular complexity index is 1250. The van der Waals surface area contributed by atoms with Gasteiger partial charge in [0.1, 0.15) is 5.75 Å². The van der Waals surface area contributed by atoms with Gasteiger partial charge in [0.15, 0.2) is 11.5 Å². The summed E-state index contributed by atoms with van der Waals surface area (Å²) < 4.78 is 67.6. The van der Waals surface area contributed by atoms with E-state index < -0.39 is 33.9 Å². The van der Waals surface area contributed by atoms with Crippen LogP contribution >= 0.6 is 23.2 Å². The fourth-order valence-electron chi connectivity index (χ4n) is 3.39. The number of halogens is 4. The van der Waals surface area contributed by atoms with Crippen LogP contribution in [0.5, 0.6) is 11.5 Å². The fraction of sp³-hybridized carbons (Fsp3) is 0.208. The molecule has 0 heterocycles. The molecule has 0 fully saturated rings. The molecule has 3 aromatic carbocycles. The summed E-state index contributed by atoms with van der Waals surface area (Å²) in [7, 11) is -1.97. The number of rotatable bonds is 10. The van der Waals surface area contributed by atoms with Gasteiger partial charge in [-0.25, -0.2) is 12.7 Å². The van der Waals surface area contributed by atoms with Gasteiger partial charge in [0.05, 0.1) is 25.6 Å². The van der Waals surface area contributed by atoms with Gasteiger partial charge < -0.3 is 9.47 Å². The van der Waals surface area contributed by atoms with Gasteiger partial charge in [-0.05, 0) is 54.6 Å². The number of benzene rings is 3. The second-order valence-electron chi connectivity index (χ2n) is 7.43. The minimum Gasteiger partial charge on any atom is -0.493 e. The summed E-state index contributed by atoms with van der Waals surface area (Å²) in [6.45, 7) is 0. The first-order valence-corrected chi connectivity index (χ1v) is 12.5. The highest BCUT2D eigenvalue weighted by Crippen LogP contribution is 2.36. The lowest BCUT2D eigenvalue weighted by atomic mass is 10.0. The van der Waals surface area contributed by atoms with E-state index in [1.165, 1.54) is 80.9 Å². The van der Waals surface area contributed by atoms with Crippen LogP contribution in [-0.4, -0.2) is 40.1 Å². The molecule has 0 unspecified atom stereocenters. The summed E-state index contributed by atoms with van der Waals surface area (Å²) in [5.41, 5.74) is 0.222. The molecule has 11 heteroatoms. The van der Waals surface area contributed by atoms with Crippen LogP contribution in [0.3, 0.4) is 0 Å². The molecular weight excluding hydrogens is 523 g/mol. The number of hydrogen-bond acceptors (Lipinski definition) is 5. The van der Waals surface area contributed by atoms with E-state index in [0.717, 1.165) is 4.31 Å². The Morgan fingerprint density at radius 1 is 0.886 bits per heavy atom. The van der Waals surface area contributed by atoms with Crippen LogP contribution in [0.4, 0.5) is 20.2 Å². The lowest BCUT2D eigenvalue weighted by Gasteiger charge is -2.25. The van der Waals surface area contributed by atoms with Crippen molar-refractivity contribution in [1.29, 1.82) is 0 Å². The minimum atomic E-state index is -4.60. The second kappa shape index (κ2) is 10.8. The first-order chi connectivity index (χ1) is 16.5. The van der Waals surface area contributed by atoms with E-state index in [0.29, 0.717) is 10.0 Å². The van der Waals surface area contributed by atoms with Gasteiger partial charge in [0.25, 0.3) is 0 Å². The van der Waals surface area contributed by atoms with Gasteiger partial charge in [-0.3, -0.25) is 4.79 Å². The maximum atomic E-state index is 15.0. The summed E-state index contributed by atoms with van der Waals surface area (Å²) in [6, 6.07) is 15.7. The van der Waals surface area contributed by atoms with Crippen molar-refractivity contribution >= 4 is 50.4 Å². The van der Waals surface area contributed by atoms with Gasteiger partial charge in [-0.1, -0.05) is 35.3 Å². The normalized spacial score (nSPS) is 11.7. The van der Waals surface area contributed by atoms with E-state index in [1.807, 2.05) is 0 Å². The predicted molar refractivity (Wildman–Crippen MR) is 132 cm³/mol. The Morgan fingerprint density at radius 2 is 1.40 bits per heavy atom. The number of hydrogen-bond donors (Lipinski definition) is 0. The number of nitrogens with zero attached hydrogens (tertiary/aromatic N) is 1. The number of Topliss-reactive ketones (excluding diaryl/α,β-unsaturated/α-hetero) is 1. The van der Waals surface area contributed by atoms with Crippen molar-refractivity contribution in [1.82, 2.24) is 0 Å². The molecular formula is C24H21Cl2F2NO5S. The first-order valence-electron chi connectivity index (χ1n) is 10.1. The zero-order chi connectivity index (χ0) is 25.8. The van der Waals surface area contributed by atoms with Gasteiger partial charge >= 0.3 is 5.92 Å². The van der Waals surface area contributed by atoms with Gasteiger partial charge in [-0.15, -0.1) is 0 Å². The van der Waals surface area contributed by atoms with Gasteiger partial charge in [-0.2, -0.15) is 8.78 Å². The quantitative estimate of drug-likeness (QED) is 0.317. The molecule has 0 amide bonds. The van der Waals surface area contributed by atoms with Crippen LogP contribution in [0.2, 0.25) is 10.0 Å². The van der Waals surface area contributed by atoms with Crippen molar-refractivity contribution in [2.45, 2.75) is 12.3 Å². The van der Waals surface area contributed by atoms with E-state index in [4.69, 9.17) is 32.7 Å². The molecule has 0 aliphatic rings. The van der Waals surface area contributed by atoms with Crippen LogP contribution in [0.15, 0.2) is 66.7 Å². The molecule has 3 rings (SSSR count). The monoisotopic (exact) mass is 543 g/mol. The summed E-state index contributed by atoms with van der Waals surface area (Å²) in [5.74, 6) is -6.97. The standard InChI is InChI=1S/C24H21Cl2F2NO5S/c1-33-21-5-3-4-16(23(21)34-2)14-24(27,28)22(30)15-35(31,32)29(19-10-6-17(25)7-11-19)20-12-8-18(26)9-13-20/h3-13H,14-15H2,1-2H3. The molecule has 186 valence electrons. The Morgan fingerprint density at radius 3 is 1.86 bits per heavy atom. The van der Waals surface area contributed by atoms with Crippen molar-refractivity contribution in [2.75, 3.05) is 24.3 Å². The average Bonchev–Trinajstić information content (AvgIpc) is 2.81. The molecule has 35 heavy (non-hydrogen) atoms. The number of sulfonamides is 1. The van der Waals surface area contributed by atoms with Crippen molar-refractivity contribution in [3.8, 4) is 11.5 Å². The highest BCUT2D eigenvalue weighted by Gasteiger charge is 2.43. The predicted octanol–water partition coefficient (Wildman–Crippen LogP) is 5.93. The van der Waals surface area contributed by atoms with E-state index in [-0.39, 0.29) is 28.4 Å². The number of carbonyl (C=O) groups is 1. The molecule has 0 atom stereocenters. The number of para-hydroxylation sites is 1. The molecule has 0 N–H and O–H groups in total. The third-order valence-corrected chi connectivity index (χ3v) is 7.13. The maximum Gasteiger partial charge on any atom is 0.310 e. The lowest BCUT2D eigenvalue weighted by Crippen LogP contribution is -2.40. The van der Waals surface area contributed by atoms with Crippen LogP contribution in [-0.2, 0) is 21.2 Å². The molecule has 0 aliphatic heterocycles. The largest absolute Gasteiger partial charge is 0.493 e. The number of anilines is 2. The zero-order valence-corrected chi connectivity index (χ0v) is 21.0. The summed E-state index contributed by atoms with van der Waals surface area (Å²) >= 11 is 11.8. The Balaban J connectivity index is 1.94. The molecule has 0 spiro atoms. The van der Waals surface area contributed by atoms with Crippen LogP contribution in [0.1, 0.15) is 5.56 Å². The third kappa shape index (κ3) is 6.22. The van der Waals surface area contributed by atoms with Crippen LogP contribution < -0.4 is 13.8 Å². The second-order valence-corrected chi connectivity index (χ2v) is 10.1. The Kier molecular flexibility index (Phi) is 8.25. The van der Waals surface area contributed by atoms with E-state index in [1.54, 1.807) is 0 Å². The number of ketones is 1. The number of methoxy groups -OCH3 is 2. The molecule has 0 aliphatic carbocycles. The highest BCUT2D eigenvalue weighted by molar-refractivity contribution is 7.93. The SMILES string of the molecule is COc1cccc(CC(F)(F)C(=O)CS(=O)(=O)N(c2ccc(Cl)cc2)c2ccc(Cl)cc2)c1OC. The van der Waals surface area contributed by atoms with Gasteiger partial charge in [0.2, 0.25) is 15.8 Å². The Hall–Kier alpha value is -2.88. The molecule has 0 radical (unpaired) electrons. The maximum absolute atomic E-state index is 15.0. The first kappa shape index (κ1) is 26.7. The molecule has 3 aromatic rings. The molecule has 0 bridgehead atoms. The molecule has 0 aromatic heterocycles.